The Bertz CT molecular complexity index is 246. The number of hydrogen-bond acceptors (Lipinski definition) is 3. The van der Waals surface area contributed by atoms with Crippen LogP contribution in [0.3, 0.4) is 0 Å². The molecule has 0 aromatic carbocycles. The maximum absolute atomic E-state index is 10.4. The fourth-order valence-electron chi connectivity index (χ4n) is 1.05. The Balaban J connectivity index is 2.65. The lowest BCUT2D eigenvalue weighted by Crippen LogP contribution is -2.40. The number of aliphatic carboxylic acids is 2. The monoisotopic (exact) mass is 171 g/mol. The molecule has 0 aromatic heterocycles. The zero-order valence-electron chi connectivity index (χ0n) is 6.28. The first-order valence-corrected chi connectivity index (χ1v) is 3.50. The van der Waals surface area contributed by atoms with E-state index in [1.807, 2.05) is 0 Å². The SMILES string of the molecule is O=C(O)C1=CCN[C@H](C(=O)O)C1. The number of rotatable bonds is 2. The van der Waals surface area contributed by atoms with Crippen molar-refractivity contribution in [3.63, 3.8) is 0 Å². The van der Waals surface area contributed by atoms with Gasteiger partial charge in [-0.25, -0.2) is 4.79 Å². The maximum Gasteiger partial charge on any atom is 0.331 e. The lowest BCUT2D eigenvalue weighted by Gasteiger charge is -2.18. The third-order valence-electron chi connectivity index (χ3n) is 1.71. The van der Waals surface area contributed by atoms with Crippen LogP contribution in [0.1, 0.15) is 6.42 Å². The summed E-state index contributed by atoms with van der Waals surface area (Å²) in [6.07, 6.45) is 1.53. The number of carboxylic acid groups (broad SMARTS) is 2. The Morgan fingerprint density at radius 2 is 2.17 bits per heavy atom. The molecule has 5 heteroatoms. The van der Waals surface area contributed by atoms with Crippen molar-refractivity contribution in [2.24, 2.45) is 0 Å². The van der Waals surface area contributed by atoms with Crippen LogP contribution >= 0.6 is 0 Å². The van der Waals surface area contributed by atoms with Crippen molar-refractivity contribution < 1.29 is 19.8 Å². The number of nitrogens with one attached hydrogen (secondary N) is 1. The van der Waals surface area contributed by atoms with Crippen molar-refractivity contribution in [2.75, 3.05) is 6.54 Å². The molecular formula is C7H9NO4. The summed E-state index contributed by atoms with van der Waals surface area (Å²) >= 11 is 0. The van der Waals surface area contributed by atoms with E-state index in [9.17, 15) is 9.59 Å². The molecule has 5 nitrogen and oxygen atoms in total. The second kappa shape index (κ2) is 3.36. The van der Waals surface area contributed by atoms with E-state index >= 15 is 0 Å². The summed E-state index contributed by atoms with van der Waals surface area (Å²) in [4.78, 5) is 20.9. The quantitative estimate of drug-likeness (QED) is 0.518. The van der Waals surface area contributed by atoms with Gasteiger partial charge in [0.1, 0.15) is 6.04 Å². The number of carboxylic acids is 2. The number of hydrogen-bond donors (Lipinski definition) is 3. The second-order valence-electron chi connectivity index (χ2n) is 2.54. The molecule has 1 atom stereocenters. The van der Waals surface area contributed by atoms with Crippen molar-refractivity contribution in [1.82, 2.24) is 5.32 Å². The zero-order valence-corrected chi connectivity index (χ0v) is 6.28. The van der Waals surface area contributed by atoms with Crippen LogP contribution in [0.5, 0.6) is 0 Å². The van der Waals surface area contributed by atoms with Crippen LogP contribution in [0.15, 0.2) is 11.6 Å². The highest BCUT2D eigenvalue weighted by molar-refractivity contribution is 5.88. The number of carbonyl (C=O) groups is 2. The van der Waals surface area contributed by atoms with E-state index in [1.165, 1.54) is 6.08 Å². The average Bonchev–Trinajstić information content (AvgIpc) is 2.04. The minimum absolute atomic E-state index is 0.0463. The molecule has 0 radical (unpaired) electrons. The minimum Gasteiger partial charge on any atom is -0.480 e. The molecule has 1 aliphatic rings. The van der Waals surface area contributed by atoms with Gasteiger partial charge in [-0.2, -0.15) is 0 Å². The molecule has 0 amide bonds. The van der Waals surface area contributed by atoms with Gasteiger partial charge in [-0.15, -0.1) is 0 Å². The molecule has 0 bridgehead atoms. The molecule has 0 fully saturated rings. The van der Waals surface area contributed by atoms with E-state index < -0.39 is 18.0 Å². The maximum atomic E-state index is 10.4. The van der Waals surface area contributed by atoms with Gasteiger partial charge in [0.05, 0.1) is 0 Å². The highest BCUT2D eigenvalue weighted by Crippen LogP contribution is 2.10. The minimum atomic E-state index is -1.04. The van der Waals surface area contributed by atoms with Gasteiger partial charge in [0, 0.05) is 18.5 Å². The average molecular weight is 171 g/mol. The Labute approximate surface area is 68.7 Å². The van der Waals surface area contributed by atoms with Crippen LogP contribution in [0, 0.1) is 0 Å². The van der Waals surface area contributed by atoms with E-state index in [-0.39, 0.29) is 12.0 Å². The highest BCUT2D eigenvalue weighted by Gasteiger charge is 2.24. The lowest BCUT2D eigenvalue weighted by molar-refractivity contribution is -0.139. The fraction of sp³-hybridized carbons (Fsp3) is 0.429. The van der Waals surface area contributed by atoms with Crippen LogP contribution in [-0.2, 0) is 9.59 Å². The van der Waals surface area contributed by atoms with E-state index in [0.717, 1.165) is 0 Å². The van der Waals surface area contributed by atoms with E-state index in [4.69, 9.17) is 10.2 Å². The van der Waals surface area contributed by atoms with Crippen LogP contribution in [-0.4, -0.2) is 34.7 Å². The van der Waals surface area contributed by atoms with Gasteiger partial charge in [-0.05, 0) is 0 Å². The van der Waals surface area contributed by atoms with Crippen molar-refractivity contribution in [3.05, 3.63) is 11.6 Å². The van der Waals surface area contributed by atoms with Gasteiger partial charge in [-0.3, -0.25) is 4.79 Å². The van der Waals surface area contributed by atoms with Crippen molar-refractivity contribution >= 4 is 11.9 Å². The summed E-state index contributed by atoms with van der Waals surface area (Å²) in [5, 5.41) is 19.8. The van der Waals surface area contributed by atoms with Gasteiger partial charge in [0.2, 0.25) is 0 Å². The van der Waals surface area contributed by atoms with Crippen LogP contribution in [0.2, 0.25) is 0 Å². The molecule has 3 N–H and O–H groups in total. The summed E-state index contributed by atoms with van der Waals surface area (Å²) < 4.78 is 0. The molecule has 66 valence electrons. The molecule has 0 saturated heterocycles. The molecule has 1 aliphatic heterocycles. The van der Waals surface area contributed by atoms with E-state index in [2.05, 4.69) is 5.32 Å². The summed E-state index contributed by atoms with van der Waals surface area (Å²) in [6.45, 7) is 0.304. The topological polar surface area (TPSA) is 86.6 Å². The summed E-state index contributed by atoms with van der Waals surface area (Å²) in [6, 6.07) is -0.763. The largest absolute Gasteiger partial charge is 0.480 e. The van der Waals surface area contributed by atoms with Gasteiger partial charge in [0.15, 0.2) is 0 Å². The Hall–Kier alpha value is -1.36. The van der Waals surface area contributed by atoms with Crippen molar-refractivity contribution in [2.45, 2.75) is 12.5 Å². The molecule has 0 aliphatic carbocycles. The molecule has 0 aromatic rings. The van der Waals surface area contributed by atoms with E-state index in [0.29, 0.717) is 6.54 Å². The zero-order chi connectivity index (χ0) is 9.14. The first-order valence-electron chi connectivity index (χ1n) is 3.50. The molecule has 0 spiro atoms. The van der Waals surface area contributed by atoms with Crippen molar-refractivity contribution in [1.29, 1.82) is 0 Å². The molecule has 0 saturated carbocycles. The third kappa shape index (κ3) is 1.82. The standard InChI is InChI=1S/C7H9NO4/c9-6(10)4-1-2-8-5(3-4)7(11)12/h1,5,8H,2-3H2,(H,9,10)(H,11,12)/t5-/m0/s1. The summed E-state index contributed by atoms with van der Waals surface area (Å²) in [5.74, 6) is -2.05. The van der Waals surface area contributed by atoms with E-state index in [1.54, 1.807) is 0 Å². The predicted octanol–water partition coefficient (Wildman–Crippen LogP) is -0.556. The Morgan fingerprint density at radius 1 is 1.50 bits per heavy atom. The lowest BCUT2D eigenvalue weighted by atomic mass is 10.0. The van der Waals surface area contributed by atoms with Gasteiger partial charge >= 0.3 is 11.9 Å². The van der Waals surface area contributed by atoms with Crippen molar-refractivity contribution in [3.8, 4) is 0 Å². The fourth-order valence-corrected chi connectivity index (χ4v) is 1.05. The first-order chi connectivity index (χ1) is 5.61. The Kier molecular flexibility index (Phi) is 2.44. The third-order valence-corrected chi connectivity index (χ3v) is 1.71. The molecule has 1 rings (SSSR count). The normalized spacial score (nSPS) is 23.0. The predicted molar refractivity (Wildman–Crippen MR) is 39.8 cm³/mol. The first kappa shape index (κ1) is 8.73. The van der Waals surface area contributed by atoms with Gasteiger partial charge in [-0.1, -0.05) is 6.08 Å². The summed E-state index contributed by atoms with van der Waals surface area (Å²) in [7, 11) is 0. The van der Waals surface area contributed by atoms with Crippen LogP contribution in [0.25, 0.3) is 0 Å². The molecule has 12 heavy (non-hydrogen) atoms. The molecule has 0 unspecified atom stereocenters. The Morgan fingerprint density at radius 3 is 2.67 bits per heavy atom. The molecule has 1 heterocycles. The second-order valence-corrected chi connectivity index (χ2v) is 2.54. The van der Waals surface area contributed by atoms with Gasteiger partial charge in [0.25, 0.3) is 0 Å². The van der Waals surface area contributed by atoms with Gasteiger partial charge < -0.3 is 15.5 Å². The highest BCUT2D eigenvalue weighted by atomic mass is 16.4. The smallest absolute Gasteiger partial charge is 0.331 e. The molecular weight excluding hydrogens is 162 g/mol. The summed E-state index contributed by atoms with van der Waals surface area (Å²) in [5.41, 5.74) is 0.168. The van der Waals surface area contributed by atoms with Crippen LogP contribution in [0.4, 0.5) is 0 Å². The van der Waals surface area contributed by atoms with Crippen LogP contribution < -0.4 is 5.32 Å².